The number of nitrogens with zero attached hydrogens (tertiary/aromatic N) is 2. The maximum Gasteiger partial charge on any atom is 0.251 e. The topological polar surface area (TPSA) is 90.1 Å². The number of aromatic nitrogens is 2. The van der Waals surface area contributed by atoms with Gasteiger partial charge >= 0.3 is 0 Å². The van der Waals surface area contributed by atoms with Gasteiger partial charge in [-0.05, 0) is 59.7 Å². The number of benzene rings is 3. The Hall–Kier alpha value is -3.93. The molecule has 1 amide bonds. The van der Waals surface area contributed by atoms with Gasteiger partial charge in [0.2, 0.25) is 11.8 Å². The van der Waals surface area contributed by atoms with Gasteiger partial charge < -0.3 is 15.8 Å². The number of nitrogens with one attached hydrogen (secondary N) is 1. The number of nitrogens with two attached hydrogens (primary N) is 1. The number of ether oxygens (including phenoxy) is 1. The van der Waals surface area contributed by atoms with Gasteiger partial charge in [0.1, 0.15) is 0 Å². The molecule has 3 N–H and O–H groups in total. The summed E-state index contributed by atoms with van der Waals surface area (Å²) in [7, 11) is 0. The van der Waals surface area contributed by atoms with Crippen LogP contribution in [0.25, 0.3) is 22.0 Å². The van der Waals surface area contributed by atoms with Gasteiger partial charge in [-0.15, -0.1) is 0 Å². The minimum atomic E-state index is -0.0986. The van der Waals surface area contributed by atoms with Crippen molar-refractivity contribution < 1.29 is 9.53 Å². The highest BCUT2D eigenvalue weighted by molar-refractivity contribution is 5.95. The summed E-state index contributed by atoms with van der Waals surface area (Å²) >= 11 is 0. The first-order valence-electron chi connectivity index (χ1n) is 10.8. The highest BCUT2D eigenvalue weighted by atomic mass is 16.5. The molecule has 3 aromatic carbocycles. The van der Waals surface area contributed by atoms with Crippen molar-refractivity contribution >= 4 is 22.8 Å². The summed E-state index contributed by atoms with van der Waals surface area (Å²) in [5.74, 6) is 1.25. The lowest BCUT2D eigenvalue weighted by Crippen LogP contribution is -2.22. The van der Waals surface area contributed by atoms with Crippen molar-refractivity contribution in [1.29, 1.82) is 0 Å². The molecule has 1 heterocycles. The Bertz CT molecular complexity index is 1250. The SMILES string of the molecule is Nc1nc(OCC2CC2)c2cc(-c3ccc(C(=O)NCc4ccccc4)cc3)ccc2n1. The highest BCUT2D eigenvalue weighted by Crippen LogP contribution is 2.33. The first-order chi connectivity index (χ1) is 15.7. The van der Waals surface area contributed by atoms with E-state index in [1.165, 1.54) is 12.8 Å². The number of amides is 1. The minimum absolute atomic E-state index is 0.0986. The normalized spacial score (nSPS) is 13.1. The Kier molecular flexibility index (Phi) is 5.42. The van der Waals surface area contributed by atoms with E-state index in [4.69, 9.17) is 10.5 Å². The maximum absolute atomic E-state index is 12.5. The molecule has 0 spiro atoms. The molecular weight excluding hydrogens is 400 g/mol. The van der Waals surface area contributed by atoms with Crippen LogP contribution in [-0.4, -0.2) is 22.5 Å². The summed E-state index contributed by atoms with van der Waals surface area (Å²) in [4.78, 5) is 21.1. The standard InChI is InChI=1S/C26H24N4O2/c27-26-29-23-13-12-21(14-22(23)25(30-26)32-16-18-6-7-18)19-8-10-20(11-9-19)24(31)28-15-17-4-2-1-3-5-17/h1-5,8-14,18H,6-7,15-16H2,(H,28,31)(H2,27,29,30). The molecule has 5 rings (SSSR count). The number of nitrogen functional groups attached to an aromatic ring is 1. The molecule has 4 aromatic rings. The Labute approximate surface area is 186 Å². The average molecular weight is 425 g/mol. The quantitative estimate of drug-likeness (QED) is 0.453. The summed E-state index contributed by atoms with van der Waals surface area (Å²) in [6.45, 7) is 1.15. The Morgan fingerprint density at radius 2 is 1.72 bits per heavy atom. The van der Waals surface area contributed by atoms with Crippen LogP contribution >= 0.6 is 0 Å². The lowest BCUT2D eigenvalue weighted by molar-refractivity contribution is 0.0951. The Morgan fingerprint density at radius 3 is 2.47 bits per heavy atom. The molecule has 1 aliphatic carbocycles. The summed E-state index contributed by atoms with van der Waals surface area (Å²) < 4.78 is 5.94. The predicted octanol–water partition coefficient (Wildman–Crippen LogP) is 4.60. The van der Waals surface area contributed by atoms with Crippen molar-refractivity contribution in [3.63, 3.8) is 0 Å². The molecule has 1 aliphatic rings. The largest absolute Gasteiger partial charge is 0.477 e. The van der Waals surface area contributed by atoms with Crippen LogP contribution in [0.1, 0.15) is 28.8 Å². The van der Waals surface area contributed by atoms with Gasteiger partial charge in [-0.2, -0.15) is 4.98 Å². The second kappa shape index (κ2) is 8.67. The van der Waals surface area contributed by atoms with E-state index in [1.807, 2.05) is 72.8 Å². The summed E-state index contributed by atoms with van der Waals surface area (Å²) in [6, 6.07) is 23.4. The highest BCUT2D eigenvalue weighted by Gasteiger charge is 2.23. The van der Waals surface area contributed by atoms with E-state index in [-0.39, 0.29) is 11.9 Å². The number of carbonyl (C=O) groups excluding carboxylic acids is 1. The first kappa shape index (κ1) is 20.0. The fourth-order valence-electron chi connectivity index (χ4n) is 3.58. The van der Waals surface area contributed by atoms with E-state index in [2.05, 4.69) is 15.3 Å². The molecular formula is C26H24N4O2. The zero-order valence-corrected chi connectivity index (χ0v) is 17.6. The summed E-state index contributed by atoms with van der Waals surface area (Å²) in [5, 5.41) is 3.79. The van der Waals surface area contributed by atoms with Crippen molar-refractivity contribution in [2.75, 3.05) is 12.3 Å². The van der Waals surface area contributed by atoms with Gasteiger partial charge in [0.15, 0.2) is 0 Å². The van der Waals surface area contributed by atoms with Gasteiger partial charge in [0.25, 0.3) is 5.91 Å². The van der Waals surface area contributed by atoms with Crippen LogP contribution in [0.15, 0.2) is 72.8 Å². The van der Waals surface area contributed by atoms with E-state index < -0.39 is 0 Å². The summed E-state index contributed by atoms with van der Waals surface area (Å²) in [6.07, 6.45) is 2.41. The molecule has 0 radical (unpaired) electrons. The summed E-state index contributed by atoms with van der Waals surface area (Å²) in [5.41, 5.74) is 10.3. The van der Waals surface area contributed by atoms with Gasteiger partial charge in [-0.1, -0.05) is 48.5 Å². The number of anilines is 1. The molecule has 1 fully saturated rings. The van der Waals surface area contributed by atoms with E-state index in [1.54, 1.807) is 0 Å². The zero-order chi connectivity index (χ0) is 21.9. The number of fused-ring (bicyclic) bond motifs is 1. The first-order valence-corrected chi connectivity index (χ1v) is 10.8. The second-order valence-corrected chi connectivity index (χ2v) is 8.12. The molecule has 0 aliphatic heterocycles. The molecule has 1 aromatic heterocycles. The molecule has 160 valence electrons. The van der Waals surface area contributed by atoms with E-state index >= 15 is 0 Å². The number of hydrogen-bond acceptors (Lipinski definition) is 5. The van der Waals surface area contributed by atoms with Gasteiger partial charge in [-0.3, -0.25) is 4.79 Å². The van der Waals surface area contributed by atoms with Crippen LogP contribution in [0.2, 0.25) is 0 Å². The van der Waals surface area contributed by atoms with Gasteiger partial charge in [0.05, 0.1) is 17.5 Å². The van der Waals surface area contributed by atoms with Crippen molar-refractivity contribution in [3.8, 4) is 17.0 Å². The third-order valence-electron chi connectivity index (χ3n) is 5.61. The molecule has 0 unspecified atom stereocenters. The second-order valence-electron chi connectivity index (χ2n) is 8.12. The third-order valence-corrected chi connectivity index (χ3v) is 5.61. The molecule has 1 saturated carbocycles. The number of hydrogen-bond donors (Lipinski definition) is 2. The maximum atomic E-state index is 12.5. The molecule has 32 heavy (non-hydrogen) atoms. The Morgan fingerprint density at radius 1 is 0.969 bits per heavy atom. The lowest BCUT2D eigenvalue weighted by atomic mass is 10.0. The predicted molar refractivity (Wildman–Crippen MR) is 125 cm³/mol. The van der Waals surface area contributed by atoms with Crippen molar-refractivity contribution in [3.05, 3.63) is 83.9 Å². The molecule has 0 bridgehead atoms. The fourth-order valence-corrected chi connectivity index (χ4v) is 3.58. The molecule has 6 nitrogen and oxygen atoms in total. The van der Waals surface area contributed by atoms with E-state index in [9.17, 15) is 4.79 Å². The zero-order valence-electron chi connectivity index (χ0n) is 17.6. The third kappa shape index (κ3) is 4.54. The van der Waals surface area contributed by atoms with Crippen molar-refractivity contribution in [2.24, 2.45) is 5.92 Å². The van der Waals surface area contributed by atoms with Crippen LogP contribution in [0.4, 0.5) is 5.95 Å². The van der Waals surface area contributed by atoms with Crippen molar-refractivity contribution in [2.45, 2.75) is 19.4 Å². The van der Waals surface area contributed by atoms with E-state index in [0.717, 1.165) is 27.6 Å². The van der Waals surface area contributed by atoms with Gasteiger partial charge in [-0.25, -0.2) is 4.98 Å². The monoisotopic (exact) mass is 424 g/mol. The van der Waals surface area contributed by atoms with E-state index in [0.29, 0.717) is 30.5 Å². The number of carbonyl (C=O) groups is 1. The van der Waals surface area contributed by atoms with Crippen molar-refractivity contribution in [1.82, 2.24) is 15.3 Å². The smallest absolute Gasteiger partial charge is 0.251 e. The number of rotatable bonds is 7. The minimum Gasteiger partial charge on any atom is -0.477 e. The van der Waals surface area contributed by atoms with Crippen LogP contribution in [0, 0.1) is 5.92 Å². The molecule has 0 saturated heterocycles. The Balaban J connectivity index is 1.34. The lowest BCUT2D eigenvalue weighted by Gasteiger charge is -2.10. The van der Waals surface area contributed by atoms with Crippen LogP contribution in [0.5, 0.6) is 5.88 Å². The average Bonchev–Trinajstić information content (AvgIpc) is 3.66. The molecule has 6 heteroatoms. The van der Waals surface area contributed by atoms with Crippen LogP contribution in [-0.2, 0) is 6.54 Å². The van der Waals surface area contributed by atoms with Crippen LogP contribution in [0.3, 0.4) is 0 Å². The van der Waals surface area contributed by atoms with Gasteiger partial charge in [0, 0.05) is 12.1 Å². The van der Waals surface area contributed by atoms with Crippen LogP contribution < -0.4 is 15.8 Å². The molecule has 0 atom stereocenters. The fraction of sp³-hybridized carbons (Fsp3) is 0.192.